The van der Waals surface area contributed by atoms with E-state index in [1.165, 1.54) is 12.8 Å². The molecule has 0 bridgehead atoms. The predicted molar refractivity (Wildman–Crippen MR) is 101 cm³/mol. The second-order valence-corrected chi connectivity index (χ2v) is 7.01. The molecule has 0 aliphatic carbocycles. The second kappa shape index (κ2) is 10.2. The molecule has 5 heteroatoms. The van der Waals surface area contributed by atoms with Gasteiger partial charge in [0.2, 0.25) is 0 Å². The van der Waals surface area contributed by atoms with Gasteiger partial charge in [-0.15, -0.1) is 0 Å². The van der Waals surface area contributed by atoms with Gasteiger partial charge >= 0.3 is 0 Å². The molecule has 1 aromatic rings. The molecule has 2 amide bonds. The molecule has 0 radical (unpaired) electrons. The third-order valence-corrected chi connectivity index (χ3v) is 4.79. The Bertz CT molecular complexity index is 566. The van der Waals surface area contributed by atoms with Gasteiger partial charge in [0.05, 0.1) is 6.54 Å². The number of nitrogens with one attached hydrogen (secondary N) is 2. The number of carbonyl (C=O) groups excluding carboxylic acids is 2. The highest BCUT2D eigenvalue weighted by Gasteiger charge is 2.22. The van der Waals surface area contributed by atoms with E-state index < -0.39 is 0 Å². The summed E-state index contributed by atoms with van der Waals surface area (Å²) >= 11 is 0. The highest BCUT2D eigenvalue weighted by Crippen LogP contribution is 2.12. The minimum absolute atomic E-state index is 0.0265. The molecule has 2 rings (SSSR count). The summed E-state index contributed by atoms with van der Waals surface area (Å²) < 4.78 is 0. The molecule has 5 nitrogen and oxygen atoms in total. The summed E-state index contributed by atoms with van der Waals surface area (Å²) in [6.07, 6.45) is 5.59. The summed E-state index contributed by atoms with van der Waals surface area (Å²) in [5, 5.41) is 2.98. The van der Waals surface area contributed by atoms with Crippen molar-refractivity contribution in [3.8, 4) is 0 Å². The van der Waals surface area contributed by atoms with Gasteiger partial charge in [-0.25, -0.2) is 0 Å². The molecule has 1 saturated heterocycles. The lowest BCUT2D eigenvalue weighted by Gasteiger charge is -2.24. The van der Waals surface area contributed by atoms with E-state index in [2.05, 4.69) is 12.2 Å². The molecule has 138 valence electrons. The molecular weight excluding hydrogens is 314 g/mol. The van der Waals surface area contributed by atoms with Crippen molar-refractivity contribution in [3.63, 3.8) is 0 Å². The van der Waals surface area contributed by atoms with Crippen LogP contribution in [0.2, 0.25) is 0 Å². The number of hydrogen-bond donors (Lipinski definition) is 2. The lowest BCUT2D eigenvalue weighted by Crippen LogP contribution is -3.14. The summed E-state index contributed by atoms with van der Waals surface area (Å²) in [4.78, 5) is 28.0. The molecule has 0 saturated carbocycles. The number of amides is 2. The van der Waals surface area contributed by atoms with Crippen LogP contribution in [0, 0.1) is 6.92 Å². The average molecular weight is 346 g/mol. The first-order valence-electron chi connectivity index (χ1n) is 9.57. The lowest BCUT2D eigenvalue weighted by atomic mass is 10.2. The Labute approximate surface area is 151 Å². The van der Waals surface area contributed by atoms with Gasteiger partial charge in [-0.05, 0) is 37.8 Å². The Kier molecular flexibility index (Phi) is 7.92. The fraction of sp³-hybridized carbons (Fsp3) is 0.600. The highest BCUT2D eigenvalue weighted by molar-refractivity contribution is 5.92. The van der Waals surface area contributed by atoms with Crippen molar-refractivity contribution in [1.82, 2.24) is 4.90 Å². The summed E-state index contributed by atoms with van der Waals surface area (Å²) in [7, 11) is 0. The number of carbonyl (C=O) groups is 2. The van der Waals surface area contributed by atoms with Gasteiger partial charge < -0.3 is 15.1 Å². The largest absolute Gasteiger partial charge is 0.338 e. The van der Waals surface area contributed by atoms with Gasteiger partial charge in [-0.2, -0.15) is 0 Å². The molecule has 1 fully saturated rings. The van der Waals surface area contributed by atoms with Crippen molar-refractivity contribution >= 4 is 17.5 Å². The fourth-order valence-corrected chi connectivity index (χ4v) is 3.37. The van der Waals surface area contributed by atoms with Gasteiger partial charge in [-0.1, -0.05) is 38.0 Å². The Balaban J connectivity index is 1.89. The quantitative estimate of drug-likeness (QED) is 0.788. The van der Waals surface area contributed by atoms with Crippen LogP contribution in [0.1, 0.15) is 44.6 Å². The van der Waals surface area contributed by atoms with Crippen molar-refractivity contribution in [2.45, 2.75) is 46.0 Å². The Morgan fingerprint density at radius 2 is 1.76 bits per heavy atom. The second-order valence-electron chi connectivity index (χ2n) is 7.01. The van der Waals surface area contributed by atoms with Crippen LogP contribution in [0.3, 0.4) is 0 Å². The molecule has 1 unspecified atom stereocenters. The fourth-order valence-electron chi connectivity index (χ4n) is 3.37. The summed E-state index contributed by atoms with van der Waals surface area (Å²) in [5.41, 5.74) is 1.90. The van der Waals surface area contributed by atoms with E-state index in [-0.39, 0.29) is 11.8 Å². The number of hydrogen-bond acceptors (Lipinski definition) is 2. The van der Waals surface area contributed by atoms with Crippen LogP contribution >= 0.6 is 0 Å². The summed E-state index contributed by atoms with van der Waals surface area (Å²) in [6, 6.07) is 7.77. The van der Waals surface area contributed by atoms with Crippen molar-refractivity contribution in [3.05, 3.63) is 29.8 Å². The van der Waals surface area contributed by atoms with Crippen molar-refractivity contribution in [2.24, 2.45) is 0 Å². The number of likely N-dealkylation sites (tertiary alicyclic amines) is 1. The third kappa shape index (κ3) is 6.50. The number of benzene rings is 1. The Hall–Kier alpha value is -1.88. The highest BCUT2D eigenvalue weighted by atomic mass is 16.2. The molecule has 2 N–H and O–H groups in total. The molecule has 0 spiro atoms. The Morgan fingerprint density at radius 3 is 2.40 bits per heavy atom. The standard InChI is InChI=1S/C20H31N3O2/c1-3-12-22(16-20(25)23-13-8-4-5-9-14-23)15-19(24)21-18-11-7-6-10-17(18)2/h6-7,10-11H,3-5,8-9,12-16H2,1-2H3,(H,21,24)/p+1. The SMILES string of the molecule is CCC[NH+](CC(=O)Nc1ccccc1C)CC(=O)N1CCCCCC1. The van der Waals surface area contributed by atoms with Crippen LogP contribution in [-0.2, 0) is 9.59 Å². The van der Waals surface area contributed by atoms with E-state index in [9.17, 15) is 9.59 Å². The molecule has 1 atom stereocenters. The molecule has 1 aliphatic rings. The van der Waals surface area contributed by atoms with Crippen LogP contribution in [0.5, 0.6) is 0 Å². The van der Waals surface area contributed by atoms with Crippen LogP contribution in [0.15, 0.2) is 24.3 Å². The number of rotatable bonds is 7. The molecule has 25 heavy (non-hydrogen) atoms. The van der Waals surface area contributed by atoms with E-state index in [0.29, 0.717) is 13.1 Å². The smallest absolute Gasteiger partial charge is 0.279 e. The maximum absolute atomic E-state index is 12.6. The zero-order chi connectivity index (χ0) is 18.1. The normalized spacial score (nSPS) is 16.2. The van der Waals surface area contributed by atoms with Crippen LogP contribution in [0.4, 0.5) is 5.69 Å². The van der Waals surface area contributed by atoms with E-state index >= 15 is 0 Å². The number of aryl methyl sites for hydroxylation is 1. The van der Waals surface area contributed by atoms with Gasteiger partial charge in [0.25, 0.3) is 11.8 Å². The van der Waals surface area contributed by atoms with Gasteiger partial charge in [0.15, 0.2) is 13.1 Å². The molecule has 0 aromatic heterocycles. The minimum Gasteiger partial charge on any atom is -0.338 e. The van der Waals surface area contributed by atoms with Crippen LogP contribution in [0.25, 0.3) is 0 Å². The first-order valence-corrected chi connectivity index (χ1v) is 9.57. The third-order valence-electron chi connectivity index (χ3n) is 4.79. The number of anilines is 1. The predicted octanol–water partition coefficient (Wildman–Crippen LogP) is 1.63. The number of para-hydroxylation sites is 1. The zero-order valence-corrected chi connectivity index (χ0v) is 15.6. The number of quaternary nitrogens is 1. The van der Waals surface area contributed by atoms with E-state index in [0.717, 1.165) is 55.0 Å². The van der Waals surface area contributed by atoms with Crippen LogP contribution in [-0.4, -0.2) is 49.4 Å². The monoisotopic (exact) mass is 346 g/mol. The maximum Gasteiger partial charge on any atom is 0.279 e. The zero-order valence-electron chi connectivity index (χ0n) is 15.6. The van der Waals surface area contributed by atoms with Crippen molar-refractivity contribution in [1.29, 1.82) is 0 Å². The average Bonchev–Trinajstić information content (AvgIpc) is 2.86. The van der Waals surface area contributed by atoms with Gasteiger partial charge in [-0.3, -0.25) is 9.59 Å². The lowest BCUT2D eigenvalue weighted by molar-refractivity contribution is -0.884. The summed E-state index contributed by atoms with van der Waals surface area (Å²) in [5.74, 6) is 0.162. The van der Waals surface area contributed by atoms with E-state index in [1.54, 1.807) is 0 Å². The van der Waals surface area contributed by atoms with Crippen molar-refractivity contribution < 1.29 is 14.5 Å². The number of nitrogens with zero attached hydrogens (tertiary/aromatic N) is 1. The molecule has 1 aliphatic heterocycles. The summed E-state index contributed by atoms with van der Waals surface area (Å²) in [6.45, 7) is 7.39. The first-order chi connectivity index (χ1) is 12.1. The van der Waals surface area contributed by atoms with Crippen LogP contribution < -0.4 is 10.2 Å². The van der Waals surface area contributed by atoms with Gasteiger partial charge in [0, 0.05) is 18.8 Å². The minimum atomic E-state index is -0.0265. The Morgan fingerprint density at radius 1 is 1.08 bits per heavy atom. The van der Waals surface area contributed by atoms with E-state index in [4.69, 9.17) is 0 Å². The molecule has 1 heterocycles. The van der Waals surface area contributed by atoms with Crippen molar-refractivity contribution in [2.75, 3.05) is 38.0 Å². The van der Waals surface area contributed by atoms with E-state index in [1.807, 2.05) is 36.1 Å². The molecular formula is C20H32N3O2+. The first kappa shape index (κ1) is 19.4. The maximum atomic E-state index is 12.6. The van der Waals surface area contributed by atoms with Gasteiger partial charge in [0.1, 0.15) is 0 Å². The molecule has 1 aromatic carbocycles. The topological polar surface area (TPSA) is 53.9 Å².